The largest absolute Gasteiger partial charge is 0.423 e. The van der Waals surface area contributed by atoms with Gasteiger partial charge in [-0.1, -0.05) is 24.3 Å². The molecule has 0 saturated carbocycles. The summed E-state index contributed by atoms with van der Waals surface area (Å²) >= 11 is 0. The lowest BCUT2D eigenvalue weighted by atomic mass is 9.87. The molecule has 3 aromatic rings. The maximum Gasteiger partial charge on any atom is 0.336 e. The number of hydrogen-bond acceptors (Lipinski definition) is 3. The molecule has 1 aliphatic carbocycles. The van der Waals surface area contributed by atoms with Crippen LogP contribution in [-0.4, -0.2) is 11.9 Å². The van der Waals surface area contributed by atoms with Crippen LogP contribution in [0.25, 0.3) is 11.0 Å². The van der Waals surface area contributed by atoms with Gasteiger partial charge in [0.2, 0.25) is 0 Å². The molecule has 0 fully saturated rings. The Morgan fingerprint density at radius 3 is 2.73 bits per heavy atom. The summed E-state index contributed by atoms with van der Waals surface area (Å²) in [5, 5.41) is 1.05. The zero-order valence-electron chi connectivity index (χ0n) is 15.7. The van der Waals surface area contributed by atoms with Crippen molar-refractivity contribution in [3.05, 3.63) is 80.7 Å². The lowest BCUT2D eigenvalue weighted by Crippen LogP contribution is -2.27. The van der Waals surface area contributed by atoms with Crippen molar-refractivity contribution < 1.29 is 4.42 Å². The molecule has 0 amide bonds. The molecule has 1 atom stereocenters. The van der Waals surface area contributed by atoms with E-state index in [-0.39, 0.29) is 5.63 Å². The minimum Gasteiger partial charge on any atom is -0.423 e. The van der Waals surface area contributed by atoms with Crippen LogP contribution >= 0.6 is 0 Å². The van der Waals surface area contributed by atoms with E-state index in [1.807, 2.05) is 13.0 Å². The van der Waals surface area contributed by atoms with Gasteiger partial charge in [-0.2, -0.15) is 0 Å². The van der Waals surface area contributed by atoms with Crippen molar-refractivity contribution in [1.29, 1.82) is 0 Å². The summed E-state index contributed by atoms with van der Waals surface area (Å²) < 4.78 is 5.45. The molecule has 1 heterocycles. The monoisotopic (exact) mass is 347 g/mol. The third-order valence-electron chi connectivity index (χ3n) is 5.73. The number of hydrogen-bond donors (Lipinski definition) is 0. The topological polar surface area (TPSA) is 33.5 Å². The van der Waals surface area contributed by atoms with Crippen molar-refractivity contribution in [2.24, 2.45) is 0 Å². The first-order chi connectivity index (χ1) is 12.5. The predicted molar refractivity (Wildman–Crippen MR) is 106 cm³/mol. The minimum atomic E-state index is -0.270. The van der Waals surface area contributed by atoms with Crippen LogP contribution in [0.4, 0.5) is 0 Å². The van der Waals surface area contributed by atoms with E-state index in [1.165, 1.54) is 23.1 Å². The van der Waals surface area contributed by atoms with Gasteiger partial charge in [0.1, 0.15) is 5.58 Å². The Kier molecular flexibility index (Phi) is 4.41. The van der Waals surface area contributed by atoms with E-state index in [0.29, 0.717) is 11.6 Å². The molecule has 0 radical (unpaired) electrons. The molecule has 0 spiro atoms. The van der Waals surface area contributed by atoms with E-state index in [4.69, 9.17) is 4.42 Å². The van der Waals surface area contributed by atoms with Crippen molar-refractivity contribution in [1.82, 2.24) is 4.90 Å². The van der Waals surface area contributed by atoms with Crippen molar-refractivity contribution in [3.63, 3.8) is 0 Å². The van der Waals surface area contributed by atoms with Gasteiger partial charge in [-0.15, -0.1) is 0 Å². The lowest BCUT2D eigenvalue weighted by molar-refractivity contribution is 0.213. The van der Waals surface area contributed by atoms with E-state index in [9.17, 15) is 4.79 Å². The second kappa shape index (κ2) is 6.73. The average Bonchev–Trinajstić information content (AvgIpc) is 2.62. The summed E-state index contributed by atoms with van der Waals surface area (Å²) in [5.74, 6) is 0. The third-order valence-corrected chi connectivity index (χ3v) is 5.73. The van der Waals surface area contributed by atoms with Crippen molar-refractivity contribution >= 4 is 11.0 Å². The Labute approximate surface area is 154 Å². The summed E-state index contributed by atoms with van der Waals surface area (Å²) in [5.41, 5.74) is 6.72. The van der Waals surface area contributed by atoms with Crippen molar-refractivity contribution in [3.8, 4) is 0 Å². The van der Waals surface area contributed by atoms with Crippen LogP contribution in [0, 0.1) is 13.8 Å². The van der Waals surface area contributed by atoms with E-state index in [1.54, 1.807) is 6.07 Å². The fourth-order valence-corrected chi connectivity index (χ4v) is 4.18. The Morgan fingerprint density at radius 1 is 1.12 bits per heavy atom. The number of nitrogens with zero attached hydrogens (tertiary/aromatic N) is 1. The second-order valence-corrected chi connectivity index (χ2v) is 7.55. The first-order valence-corrected chi connectivity index (χ1v) is 9.35. The highest BCUT2D eigenvalue weighted by Crippen LogP contribution is 2.34. The number of aryl methyl sites for hydroxylation is 3. The first kappa shape index (κ1) is 17.0. The fourth-order valence-electron chi connectivity index (χ4n) is 4.18. The fraction of sp³-hybridized carbons (Fsp3) is 0.348. The molecule has 0 saturated heterocycles. The summed E-state index contributed by atoms with van der Waals surface area (Å²) in [4.78, 5) is 14.4. The molecule has 26 heavy (non-hydrogen) atoms. The van der Waals surface area contributed by atoms with Crippen LogP contribution in [0.1, 0.15) is 46.7 Å². The van der Waals surface area contributed by atoms with Crippen LogP contribution in [0.5, 0.6) is 0 Å². The quantitative estimate of drug-likeness (QED) is 0.631. The van der Waals surface area contributed by atoms with Gasteiger partial charge in [0.25, 0.3) is 0 Å². The lowest BCUT2D eigenvalue weighted by Gasteiger charge is -2.33. The number of rotatable bonds is 3. The van der Waals surface area contributed by atoms with Gasteiger partial charge in [-0.3, -0.25) is 4.90 Å². The Morgan fingerprint density at radius 2 is 1.88 bits per heavy atom. The van der Waals surface area contributed by atoms with Gasteiger partial charge < -0.3 is 4.42 Å². The van der Waals surface area contributed by atoms with Gasteiger partial charge in [0.05, 0.1) is 0 Å². The highest BCUT2D eigenvalue weighted by Gasteiger charge is 2.24. The summed E-state index contributed by atoms with van der Waals surface area (Å²) in [6.45, 7) is 4.89. The molecular weight excluding hydrogens is 322 g/mol. The Balaban J connectivity index is 1.72. The minimum absolute atomic E-state index is 0.270. The van der Waals surface area contributed by atoms with Crippen LogP contribution in [0.15, 0.2) is 51.7 Å². The van der Waals surface area contributed by atoms with Crippen LogP contribution in [0.3, 0.4) is 0 Å². The highest BCUT2D eigenvalue weighted by molar-refractivity contribution is 5.81. The predicted octanol–water partition coefficient (Wildman–Crippen LogP) is 4.92. The second-order valence-electron chi connectivity index (χ2n) is 7.55. The third kappa shape index (κ3) is 3.08. The molecule has 2 aromatic carbocycles. The van der Waals surface area contributed by atoms with E-state index < -0.39 is 0 Å². The maximum absolute atomic E-state index is 12.1. The van der Waals surface area contributed by atoms with E-state index in [0.717, 1.165) is 35.9 Å². The standard InChI is InChI=1S/C23H25NO2/c1-15-11-20-18(13-23(25)26-22(20)12-16(15)2)14-24(3)21-10-6-8-17-7-4-5-9-19(17)21/h4-5,7,9,11-13,21H,6,8,10,14H2,1-3H3. The maximum atomic E-state index is 12.1. The van der Waals surface area contributed by atoms with Gasteiger partial charge >= 0.3 is 5.63 Å². The molecule has 0 aliphatic heterocycles. The molecule has 3 nitrogen and oxygen atoms in total. The van der Waals surface area contributed by atoms with Crippen LogP contribution in [0.2, 0.25) is 0 Å². The van der Waals surface area contributed by atoms with Gasteiger partial charge in [-0.05, 0) is 80.1 Å². The van der Waals surface area contributed by atoms with Gasteiger partial charge in [0, 0.05) is 24.0 Å². The summed E-state index contributed by atoms with van der Waals surface area (Å²) in [7, 11) is 2.16. The SMILES string of the molecule is Cc1cc2oc(=O)cc(CN(C)C3CCCc4ccccc43)c2cc1C. The smallest absolute Gasteiger partial charge is 0.336 e. The first-order valence-electron chi connectivity index (χ1n) is 9.35. The molecule has 1 aliphatic rings. The van der Waals surface area contributed by atoms with Crippen molar-refractivity contribution in [2.45, 2.75) is 45.7 Å². The normalized spacial score (nSPS) is 16.8. The number of benzene rings is 2. The van der Waals surface area contributed by atoms with Crippen LogP contribution < -0.4 is 5.63 Å². The molecule has 1 unspecified atom stereocenters. The summed E-state index contributed by atoms with van der Waals surface area (Å²) in [6.07, 6.45) is 3.53. The molecule has 0 N–H and O–H groups in total. The number of fused-ring (bicyclic) bond motifs is 2. The van der Waals surface area contributed by atoms with Gasteiger partial charge in [-0.25, -0.2) is 4.79 Å². The summed E-state index contributed by atoms with van der Waals surface area (Å²) in [6, 6.07) is 14.9. The molecule has 4 rings (SSSR count). The Bertz CT molecular complexity index is 1020. The molecule has 134 valence electrons. The van der Waals surface area contributed by atoms with E-state index >= 15 is 0 Å². The zero-order chi connectivity index (χ0) is 18.3. The molecule has 3 heteroatoms. The highest BCUT2D eigenvalue weighted by atomic mass is 16.4. The van der Waals surface area contributed by atoms with Gasteiger partial charge in [0.15, 0.2) is 0 Å². The van der Waals surface area contributed by atoms with Crippen molar-refractivity contribution in [2.75, 3.05) is 7.05 Å². The van der Waals surface area contributed by atoms with E-state index in [2.05, 4.69) is 49.2 Å². The molecule has 0 bridgehead atoms. The molecular formula is C23H25NO2. The van der Waals surface area contributed by atoms with Crippen LogP contribution in [-0.2, 0) is 13.0 Å². The molecule has 1 aromatic heterocycles. The zero-order valence-corrected chi connectivity index (χ0v) is 15.7. The average molecular weight is 347 g/mol. The Hall–Kier alpha value is -2.39.